The number of benzene rings is 1. The number of aryl methyl sites for hydroxylation is 2. The van der Waals surface area contributed by atoms with Crippen molar-refractivity contribution in [2.75, 3.05) is 0 Å². The van der Waals surface area contributed by atoms with E-state index >= 15 is 0 Å². The maximum atomic E-state index is 2.53. The van der Waals surface area contributed by atoms with Crippen molar-refractivity contribution in [1.29, 1.82) is 0 Å². The molecule has 0 radical (unpaired) electrons. The van der Waals surface area contributed by atoms with Gasteiger partial charge < -0.3 is 0 Å². The van der Waals surface area contributed by atoms with Gasteiger partial charge in [0.1, 0.15) is 0 Å². The van der Waals surface area contributed by atoms with Crippen LogP contribution in [0.1, 0.15) is 76.5 Å². The molecule has 2 aromatic rings. The molecule has 1 nitrogen and oxygen atoms in total. The van der Waals surface area contributed by atoms with Crippen molar-refractivity contribution in [1.82, 2.24) is 0 Å². The molecule has 1 fully saturated rings. The van der Waals surface area contributed by atoms with E-state index in [1.54, 1.807) is 9.96 Å². The van der Waals surface area contributed by atoms with E-state index in [4.69, 9.17) is 0 Å². The first kappa shape index (κ1) is 22.6. The van der Waals surface area contributed by atoms with E-state index in [-0.39, 0.29) is 5.41 Å². The van der Waals surface area contributed by atoms with Gasteiger partial charge in [-0.25, -0.2) is 0 Å². The molecule has 2 heteroatoms. The zero-order valence-corrected chi connectivity index (χ0v) is 22.5. The number of rotatable bonds is 3. The SMILES string of the molecule is Cc1cc(C2(C)CCCCC2)ccc1-c1c[c]([Ge]([CH3])([CH3])[CH3])c(C(C)(C)C)c[n+]1C. The van der Waals surface area contributed by atoms with Crippen molar-refractivity contribution < 1.29 is 4.57 Å². The third-order valence-electron chi connectivity index (χ3n) is 7.05. The molecule has 158 valence electrons. The average molecular weight is 453 g/mol. The minimum atomic E-state index is -2.01. The molecule has 0 amide bonds. The van der Waals surface area contributed by atoms with Crippen LogP contribution in [-0.2, 0) is 17.9 Å². The summed E-state index contributed by atoms with van der Waals surface area (Å²) in [5.41, 5.74) is 7.79. The Morgan fingerprint density at radius 3 is 2.10 bits per heavy atom. The van der Waals surface area contributed by atoms with Crippen LogP contribution in [0.2, 0.25) is 17.3 Å². The number of hydrogen-bond acceptors (Lipinski definition) is 0. The van der Waals surface area contributed by atoms with Gasteiger partial charge in [-0.2, -0.15) is 0 Å². The first-order valence-electron chi connectivity index (χ1n) is 11.5. The first-order valence-corrected chi connectivity index (χ1v) is 18.8. The Balaban J connectivity index is 2.11. The van der Waals surface area contributed by atoms with Crippen LogP contribution in [0.15, 0.2) is 30.5 Å². The molecule has 1 aromatic heterocycles. The second-order valence-electron chi connectivity index (χ2n) is 11.7. The Morgan fingerprint density at radius 1 is 0.966 bits per heavy atom. The summed E-state index contributed by atoms with van der Waals surface area (Å²) in [6.07, 6.45) is 9.24. The number of aromatic nitrogens is 1. The fourth-order valence-electron chi connectivity index (χ4n) is 5.08. The number of pyridine rings is 1. The molecule has 1 aliphatic carbocycles. The van der Waals surface area contributed by atoms with Crippen molar-refractivity contribution in [3.05, 3.63) is 47.2 Å². The van der Waals surface area contributed by atoms with E-state index in [9.17, 15) is 0 Å². The van der Waals surface area contributed by atoms with E-state index in [0.717, 1.165) is 0 Å². The van der Waals surface area contributed by atoms with E-state index in [1.165, 1.54) is 54.5 Å². The Labute approximate surface area is 182 Å². The van der Waals surface area contributed by atoms with Gasteiger partial charge in [-0.15, -0.1) is 0 Å². The predicted molar refractivity (Wildman–Crippen MR) is 130 cm³/mol. The van der Waals surface area contributed by atoms with E-state index in [0.29, 0.717) is 5.41 Å². The molecule has 0 atom stereocenters. The van der Waals surface area contributed by atoms with Crippen molar-refractivity contribution in [3.63, 3.8) is 0 Å². The third-order valence-corrected chi connectivity index (χ3v) is 11.3. The van der Waals surface area contributed by atoms with Crippen molar-refractivity contribution in [2.24, 2.45) is 7.05 Å². The zero-order chi connectivity index (χ0) is 21.6. The summed E-state index contributed by atoms with van der Waals surface area (Å²) < 4.78 is 4.01. The Morgan fingerprint density at radius 2 is 1.59 bits per heavy atom. The van der Waals surface area contributed by atoms with Gasteiger partial charge in [-0.1, -0.05) is 0 Å². The molecule has 1 heterocycles. The molecule has 0 spiro atoms. The molecule has 0 saturated heterocycles. The van der Waals surface area contributed by atoms with E-state index in [2.05, 4.69) is 94.0 Å². The summed E-state index contributed by atoms with van der Waals surface area (Å²) in [5, 5.41) is 0. The number of hydrogen-bond donors (Lipinski definition) is 0. The van der Waals surface area contributed by atoms with Gasteiger partial charge in [0, 0.05) is 0 Å². The molecule has 29 heavy (non-hydrogen) atoms. The van der Waals surface area contributed by atoms with Gasteiger partial charge in [0.25, 0.3) is 0 Å². The Hall–Kier alpha value is -1.09. The van der Waals surface area contributed by atoms with Gasteiger partial charge in [-0.05, 0) is 0 Å². The zero-order valence-electron chi connectivity index (χ0n) is 20.4. The molecule has 0 aliphatic heterocycles. The molecule has 0 N–H and O–H groups in total. The molecule has 0 bridgehead atoms. The summed E-state index contributed by atoms with van der Waals surface area (Å²) >= 11 is -2.01. The normalized spacial score (nSPS) is 17.4. The standard InChI is InChI=1S/C27H42GeN/c1-20-17-21(27(5)15-11-10-12-16-27)13-14-22(20)25-18-24(28(6,7)8)23(19-29(25)9)26(2,3)4/h13-14,17-19H,10-12,15-16H2,1-9H3/q+1. The summed E-state index contributed by atoms with van der Waals surface area (Å²) in [4.78, 5) is 0. The van der Waals surface area contributed by atoms with Gasteiger partial charge in [0.2, 0.25) is 0 Å². The van der Waals surface area contributed by atoms with Crippen molar-refractivity contribution >= 4 is 17.7 Å². The summed E-state index contributed by atoms with van der Waals surface area (Å²) in [7, 11) is 2.22. The summed E-state index contributed by atoms with van der Waals surface area (Å²) in [6.45, 7) is 11.8. The third kappa shape index (κ3) is 4.65. The van der Waals surface area contributed by atoms with Gasteiger partial charge in [-0.3, -0.25) is 0 Å². The van der Waals surface area contributed by atoms with Crippen LogP contribution in [0, 0.1) is 6.92 Å². The molecule has 1 saturated carbocycles. The van der Waals surface area contributed by atoms with Crippen LogP contribution < -0.4 is 8.96 Å². The van der Waals surface area contributed by atoms with Crippen LogP contribution in [0.4, 0.5) is 0 Å². The van der Waals surface area contributed by atoms with Crippen LogP contribution in [0.25, 0.3) is 11.3 Å². The van der Waals surface area contributed by atoms with E-state index in [1.807, 2.05) is 0 Å². The fourth-order valence-corrected chi connectivity index (χ4v) is 8.90. The fraction of sp³-hybridized carbons (Fsp3) is 0.593. The van der Waals surface area contributed by atoms with Crippen LogP contribution in [0.3, 0.4) is 0 Å². The minimum absolute atomic E-state index is 0.179. The molecule has 3 rings (SSSR count). The molecular formula is C27H42GeN+. The molecule has 1 aliphatic rings. The first-order chi connectivity index (χ1) is 13.3. The Bertz CT molecular complexity index is 890. The van der Waals surface area contributed by atoms with Crippen LogP contribution >= 0.6 is 0 Å². The Kier molecular flexibility index (Phi) is 6.13. The monoisotopic (exact) mass is 454 g/mol. The van der Waals surface area contributed by atoms with Gasteiger partial charge >= 0.3 is 183 Å². The van der Waals surface area contributed by atoms with Gasteiger partial charge in [0.05, 0.1) is 0 Å². The van der Waals surface area contributed by atoms with E-state index < -0.39 is 13.3 Å². The van der Waals surface area contributed by atoms with Crippen LogP contribution in [-0.4, -0.2) is 13.3 Å². The molecule has 0 unspecified atom stereocenters. The van der Waals surface area contributed by atoms with Crippen LogP contribution in [0.5, 0.6) is 0 Å². The summed E-state index contributed by atoms with van der Waals surface area (Å²) in [5.74, 6) is 7.57. The molecule has 1 aromatic carbocycles. The van der Waals surface area contributed by atoms with Crippen molar-refractivity contribution in [2.45, 2.75) is 94.8 Å². The second-order valence-corrected chi connectivity index (χ2v) is 22.3. The maximum absolute atomic E-state index is 2.53. The van der Waals surface area contributed by atoms with Crippen molar-refractivity contribution in [3.8, 4) is 11.3 Å². The topological polar surface area (TPSA) is 3.88 Å². The number of nitrogens with zero attached hydrogens (tertiary/aromatic N) is 1. The predicted octanol–water partition coefficient (Wildman–Crippen LogP) is 6.55. The second kappa shape index (κ2) is 7.87. The molecular weight excluding hydrogens is 411 g/mol. The average Bonchev–Trinajstić information content (AvgIpc) is 2.60. The van der Waals surface area contributed by atoms with Gasteiger partial charge in [0.15, 0.2) is 0 Å². The summed E-state index contributed by atoms with van der Waals surface area (Å²) in [6, 6.07) is 9.83. The quantitative estimate of drug-likeness (QED) is 0.367.